The second kappa shape index (κ2) is 8.90. The van der Waals surface area contributed by atoms with Crippen molar-refractivity contribution in [2.24, 2.45) is 0 Å². The van der Waals surface area contributed by atoms with E-state index in [0.717, 1.165) is 16.2 Å². The van der Waals surface area contributed by atoms with Gasteiger partial charge in [0.15, 0.2) is 11.6 Å². The molecule has 1 aromatic carbocycles. The summed E-state index contributed by atoms with van der Waals surface area (Å²) in [6, 6.07) is 4.75. The first kappa shape index (κ1) is 23.4. The van der Waals surface area contributed by atoms with Crippen LogP contribution in [0.15, 0.2) is 24.3 Å². The number of benzene rings is 1. The summed E-state index contributed by atoms with van der Waals surface area (Å²) < 4.78 is 25.8. The van der Waals surface area contributed by atoms with Gasteiger partial charge in [-0.2, -0.15) is 0 Å². The number of amides is 1. The van der Waals surface area contributed by atoms with E-state index in [2.05, 4.69) is 15.2 Å². The molecule has 0 saturated carbocycles. The van der Waals surface area contributed by atoms with E-state index >= 15 is 0 Å². The van der Waals surface area contributed by atoms with Crippen molar-refractivity contribution in [2.75, 3.05) is 13.2 Å². The quantitative estimate of drug-likeness (QED) is 0.461. The summed E-state index contributed by atoms with van der Waals surface area (Å²) in [4.78, 5) is 16.4. The molecular weight excluding hydrogens is 498 g/mol. The van der Waals surface area contributed by atoms with Crippen LogP contribution in [0.1, 0.15) is 13.8 Å². The van der Waals surface area contributed by atoms with Gasteiger partial charge in [0.25, 0.3) is 0 Å². The molecular formula is C20H17Cl2FN4O5S. The fourth-order valence-electron chi connectivity index (χ4n) is 3.44. The molecule has 2 aromatic heterocycles. The Balaban J connectivity index is 1.54. The number of pyridine rings is 1. The van der Waals surface area contributed by atoms with Crippen molar-refractivity contribution in [2.45, 2.75) is 25.6 Å². The molecule has 9 nitrogen and oxygen atoms in total. The van der Waals surface area contributed by atoms with Crippen molar-refractivity contribution in [3.05, 3.63) is 40.3 Å². The number of nitrogens with zero attached hydrogens (tertiary/aromatic N) is 4. The predicted octanol–water partition coefficient (Wildman–Crippen LogP) is 4.91. The number of aromatic hydroxyl groups is 1. The van der Waals surface area contributed by atoms with Gasteiger partial charge in [-0.15, -0.1) is 10.2 Å². The lowest BCUT2D eigenvalue weighted by atomic mass is 10.2. The lowest BCUT2D eigenvalue weighted by molar-refractivity contribution is -0.0430. The average molecular weight is 515 g/mol. The number of ether oxygens (including phenoxy) is 2. The lowest BCUT2D eigenvalue weighted by Crippen LogP contribution is -2.49. The molecule has 0 aliphatic carbocycles. The number of rotatable bonds is 5. The van der Waals surface area contributed by atoms with Gasteiger partial charge in [-0.3, -0.25) is 4.90 Å². The van der Waals surface area contributed by atoms with Crippen molar-refractivity contribution in [1.29, 1.82) is 0 Å². The van der Waals surface area contributed by atoms with Crippen molar-refractivity contribution >= 4 is 40.6 Å². The van der Waals surface area contributed by atoms with Crippen LogP contribution in [0.25, 0.3) is 21.1 Å². The third-order valence-corrected chi connectivity index (χ3v) is 6.43. The summed E-state index contributed by atoms with van der Waals surface area (Å²) in [6.45, 7) is 3.27. The van der Waals surface area contributed by atoms with E-state index < -0.39 is 23.7 Å². The molecule has 13 heteroatoms. The summed E-state index contributed by atoms with van der Waals surface area (Å²) in [5.74, 6) is -1.09. The van der Waals surface area contributed by atoms with Gasteiger partial charge in [0.1, 0.15) is 27.5 Å². The summed E-state index contributed by atoms with van der Waals surface area (Å²) in [7, 11) is 0. The minimum absolute atomic E-state index is 0.0878. The van der Waals surface area contributed by atoms with E-state index in [9.17, 15) is 19.4 Å². The van der Waals surface area contributed by atoms with Gasteiger partial charge >= 0.3 is 6.09 Å². The summed E-state index contributed by atoms with van der Waals surface area (Å²) in [6.07, 6.45) is -1.16. The highest BCUT2D eigenvalue weighted by Crippen LogP contribution is 2.38. The normalized spacial score (nSPS) is 17.4. The maximum absolute atomic E-state index is 14.8. The first-order valence-corrected chi connectivity index (χ1v) is 11.1. The maximum Gasteiger partial charge on any atom is 0.410 e. The molecule has 1 atom stereocenters. The minimum Gasteiger partial charge on any atom is -0.493 e. The lowest BCUT2D eigenvalue weighted by Gasteiger charge is -2.30. The van der Waals surface area contributed by atoms with E-state index in [-0.39, 0.29) is 35.0 Å². The molecule has 0 bridgehead atoms. The predicted molar refractivity (Wildman–Crippen MR) is 119 cm³/mol. The molecule has 1 fully saturated rings. The average Bonchev–Trinajstić information content (AvgIpc) is 3.32. The van der Waals surface area contributed by atoms with Crippen molar-refractivity contribution in [3.63, 3.8) is 0 Å². The molecule has 1 aliphatic rings. The Kier molecular flexibility index (Phi) is 6.32. The molecule has 1 saturated heterocycles. The molecule has 3 heterocycles. The molecule has 1 amide bonds. The second-order valence-corrected chi connectivity index (χ2v) is 9.36. The monoisotopic (exact) mass is 514 g/mol. The molecule has 0 radical (unpaired) electrons. The molecule has 4 rings (SSSR count). The van der Waals surface area contributed by atoms with E-state index in [1.54, 1.807) is 13.8 Å². The van der Waals surface area contributed by atoms with Crippen molar-refractivity contribution < 1.29 is 28.9 Å². The highest BCUT2D eigenvalue weighted by atomic mass is 35.5. The van der Waals surface area contributed by atoms with Crippen LogP contribution in [0, 0.1) is 5.82 Å². The number of aromatic nitrogens is 3. The standard InChI is InChI=1S/C20H17Cl2FN4O5S/c1-20(2)27(19(29)30)10(8-32-20)7-31-14-6-12(21)11(5-13(14)23)18-26-25-17(33-18)9-3-15(22)24-16(28)4-9/h3-6,10H,7-8H2,1-2H3,(H,24,28)(H,29,30). The van der Waals surface area contributed by atoms with E-state index in [1.165, 1.54) is 24.3 Å². The smallest absolute Gasteiger partial charge is 0.410 e. The van der Waals surface area contributed by atoms with Crippen LogP contribution in [0.2, 0.25) is 10.2 Å². The molecule has 174 valence electrons. The molecule has 33 heavy (non-hydrogen) atoms. The molecule has 1 aliphatic heterocycles. The first-order chi connectivity index (χ1) is 15.5. The Labute approximate surface area is 201 Å². The number of carboxylic acid groups (broad SMARTS) is 1. The SMILES string of the molecule is CC1(C)OCC(COc2cc(Cl)c(-c3nnc(-c4cc(O)nc(Cl)c4)s3)cc2F)N1C(=O)O. The van der Waals surface area contributed by atoms with E-state index in [1.807, 2.05) is 0 Å². The van der Waals surface area contributed by atoms with Crippen LogP contribution < -0.4 is 4.74 Å². The van der Waals surface area contributed by atoms with Crippen molar-refractivity contribution in [3.8, 4) is 32.8 Å². The van der Waals surface area contributed by atoms with Gasteiger partial charge in [-0.05, 0) is 26.0 Å². The summed E-state index contributed by atoms with van der Waals surface area (Å²) >= 11 is 13.3. The van der Waals surface area contributed by atoms with Crippen molar-refractivity contribution in [1.82, 2.24) is 20.1 Å². The topological polar surface area (TPSA) is 118 Å². The summed E-state index contributed by atoms with van der Waals surface area (Å²) in [5.41, 5.74) is -0.213. The van der Waals surface area contributed by atoms with Gasteiger partial charge in [-0.1, -0.05) is 34.5 Å². The van der Waals surface area contributed by atoms with Crippen LogP contribution in [0.4, 0.5) is 9.18 Å². The Morgan fingerprint density at radius 2 is 2.03 bits per heavy atom. The fourth-order valence-corrected chi connectivity index (χ4v) is 4.80. The van der Waals surface area contributed by atoms with Gasteiger partial charge in [0, 0.05) is 23.3 Å². The van der Waals surface area contributed by atoms with Crippen LogP contribution in [0.3, 0.4) is 0 Å². The third kappa shape index (κ3) is 4.81. The van der Waals surface area contributed by atoms with E-state index in [4.69, 9.17) is 32.7 Å². The third-order valence-electron chi connectivity index (χ3n) is 4.92. The maximum atomic E-state index is 14.8. The Bertz CT molecular complexity index is 1200. The first-order valence-electron chi connectivity index (χ1n) is 9.54. The van der Waals surface area contributed by atoms with E-state index in [0.29, 0.717) is 21.1 Å². The molecule has 0 spiro atoms. The zero-order chi connectivity index (χ0) is 23.9. The molecule has 1 unspecified atom stereocenters. The molecule has 3 aromatic rings. The molecule has 2 N–H and O–H groups in total. The zero-order valence-corrected chi connectivity index (χ0v) is 19.6. The zero-order valence-electron chi connectivity index (χ0n) is 17.3. The Hall–Kier alpha value is -2.73. The minimum atomic E-state index is -1.16. The number of hydrogen-bond donors (Lipinski definition) is 2. The van der Waals surface area contributed by atoms with Crippen LogP contribution in [-0.4, -0.2) is 61.4 Å². The Morgan fingerprint density at radius 1 is 1.30 bits per heavy atom. The van der Waals surface area contributed by atoms with Gasteiger partial charge in [0.05, 0.1) is 17.7 Å². The number of hydrogen-bond acceptors (Lipinski definition) is 8. The van der Waals surface area contributed by atoms with Crippen LogP contribution in [-0.2, 0) is 4.74 Å². The largest absolute Gasteiger partial charge is 0.493 e. The van der Waals surface area contributed by atoms with Gasteiger partial charge in [0.2, 0.25) is 5.88 Å². The second-order valence-electron chi connectivity index (χ2n) is 7.59. The number of carbonyl (C=O) groups is 1. The fraction of sp³-hybridized carbons (Fsp3) is 0.300. The van der Waals surface area contributed by atoms with Gasteiger partial charge in [-0.25, -0.2) is 14.2 Å². The highest BCUT2D eigenvalue weighted by Gasteiger charge is 2.44. The highest BCUT2D eigenvalue weighted by molar-refractivity contribution is 7.18. The van der Waals surface area contributed by atoms with Crippen LogP contribution in [0.5, 0.6) is 11.6 Å². The van der Waals surface area contributed by atoms with Gasteiger partial charge < -0.3 is 19.7 Å². The summed E-state index contributed by atoms with van der Waals surface area (Å²) in [5, 5.41) is 28.2. The Morgan fingerprint density at radius 3 is 2.73 bits per heavy atom. The number of halogens is 3. The van der Waals surface area contributed by atoms with Crippen LogP contribution >= 0.6 is 34.5 Å².